The summed E-state index contributed by atoms with van der Waals surface area (Å²) in [5, 5.41) is 7.45. The average Bonchev–Trinajstić information content (AvgIpc) is 3.79. The zero-order chi connectivity index (χ0) is 41.8. The normalized spacial score (nSPS) is 15.5. The van der Waals surface area contributed by atoms with Crippen molar-refractivity contribution < 1.29 is 0 Å². The van der Waals surface area contributed by atoms with Crippen LogP contribution in [-0.4, -0.2) is 0 Å². The molecule has 0 N–H and O–H groups in total. The average molecular weight is 790 g/mol. The fraction of sp³-hybridized carbons (Fsp3) is 0.0164. The van der Waals surface area contributed by atoms with Gasteiger partial charge in [-0.1, -0.05) is 208 Å². The van der Waals surface area contributed by atoms with Crippen LogP contribution in [0.3, 0.4) is 0 Å². The SMILES string of the molecule is C=C/C=C\C1=C(N(c2ccccc2)c2ccc(-c3ccc(-c4ccccc4)cc3)cc2)C2(C(C=C)=C(C=C)c3cc4c5ccccc5c5ccccc5c4cc32)c2ccccc21. The second kappa shape index (κ2) is 14.9. The molecule has 1 atom stereocenters. The Bertz CT molecular complexity index is 3360. The largest absolute Gasteiger partial charge is 0.312 e. The Kier molecular flexibility index (Phi) is 8.91. The summed E-state index contributed by atoms with van der Waals surface area (Å²) in [7, 11) is 0. The van der Waals surface area contributed by atoms with Gasteiger partial charge in [-0.3, -0.25) is 0 Å². The highest BCUT2D eigenvalue weighted by Crippen LogP contribution is 2.64. The molecule has 0 aromatic heterocycles. The first-order valence-electron chi connectivity index (χ1n) is 21.3. The van der Waals surface area contributed by atoms with Gasteiger partial charge in [-0.15, -0.1) is 0 Å². The summed E-state index contributed by atoms with van der Waals surface area (Å²) in [6, 6.07) is 70.8. The number of fused-ring (bicyclic) bond motifs is 10. The number of benzene rings is 9. The molecule has 0 radical (unpaired) electrons. The van der Waals surface area contributed by atoms with Crippen LogP contribution >= 0.6 is 0 Å². The van der Waals surface area contributed by atoms with Gasteiger partial charge in [-0.05, 0) is 124 Å². The Morgan fingerprint density at radius 1 is 0.387 bits per heavy atom. The molecule has 2 aliphatic rings. The van der Waals surface area contributed by atoms with E-state index in [0.717, 1.165) is 39.4 Å². The molecule has 292 valence electrons. The maximum atomic E-state index is 4.60. The van der Waals surface area contributed by atoms with Gasteiger partial charge in [0.2, 0.25) is 0 Å². The minimum absolute atomic E-state index is 0.763. The van der Waals surface area contributed by atoms with Crippen molar-refractivity contribution in [2.75, 3.05) is 4.90 Å². The molecule has 11 rings (SSSR count). The van der Waals surface area contributed by atoms with Gasteiger partial charge in [-0.25, -0.2) is 0 Å². The number of allylic oxidation sites excluding steroid dienone is 8. The highest BCUT2D eigenvalue weighted by molar-refractivity contribution is 6.26. The Morgan fingerprint density at radius 3 is 1.45 bits per heavy atom. The van der Waals surface area contributed by atoms with E-state index in [2.05, 4.69) is 237 Å². The number of nitrogens with zero attached hydrogens (tertiary/aromatic N) is 1. The van der Waals surface area contributed by atoms with Gasteiger partial charge in [0.1, 0.15) is 0 Å². The number of anilines is 2. The molecule has 1 nitrogen and oxygen atoms in total. The molecule has 62 heavy (non-hydrogen) atoms. The fourth-order valence-corrected chi connectivity index (χ4v) is 10.4. The van der Waals surface area contributed by atoms with Crippen LogP contribution in [0.15, 0.2) is 256 Å². The Balaban J connectivity index is 1.20. The van der Waals surface area contributed by atoms with E-state index in [0.29, 0.717) is 0 Å². The van der Waals surface area contributed by atoms with E-state index in [9.17, 15) is 0 Å². The lowest BCUT2D eigenvalue weighted by molar-refractivity contribution is 0.740. The molecule has 0 aliphatic heterocycles. The molecule has 1 spiro atoms. The topological polar surface area (TPSA) is 3.24 Å². The number of rotatable bonds is 9. The quantitative estimate of drug-likeness (QED) is 0.104. The summed E-state index contributed by atoms with van der Waals surface area (Å²) in [6.45, 7) is 13.2. The third-order valence-electron chi connectivity index (χ3n) is 13.0. The van der Waals surface area contributed by atoms with E-state index in [1.807, 2.05) is 12.2 Å². The van der Waals surface area contributed by atoms with E-state index >= 15 is 0 Å². The molecule has 9 aromatic rings. The van der Waals surface area contributed by atoms with Crippen molar-refractivity contribution in [3.05, 3.63) is 278 Å². The van der Waals surface area contributed by atoms with Gasteiger partial charge in [0.15, 0.2) is 0 Å². The summed E-state index contributed by atoms with van der Waals surface area (Å²) in [4.78, 5) is 2.48. The van der Waals surface area contributed by atoms with Gasteiger partial charge in [0.05, 0.1) is 11.1 Å². The minimum atomic E-state index is -0.763. The van der Waals surface area contributed by atoms with Crippen molar-refractivity contribution in [1.82, 2.24) is 0 Å². The van der Waals surface area contributed by atoms with Crippen molar-refractivity contribution in [3.8, 4) is 22.3 Å². The lowest BCUT2D eigenvalue weighted by Crippen LogP contribution is -2.36. The molecule has 1 heteroatoms. The first kappa shape index (κ1) is 37.0. The highest BCUT2D eigenvalue weighted by Gasteiger charge is 2.55. The molecule has 1 unspecified atom stereocenters. The molecule has 9 aromatic carbocycles. The van der Waals surface area contributed by atoms with E-state index in [-0.39, 0.29) is 0 Å². The van der Waals surface area contributed by atoms with E-state index in [1.54, 1.807) is 0 Å². The van der Waals surface area contributed by atoms with E-state index < -0.39 is 5.41 Å². The Hall–Kier alpha value is -8.00. The molecular weight excluding hydrogens is 747 g/mol. The summed E-state index contributed by atoms with van der Waals surface area (Å²) in [6.07, 6.45) is 10.3. The first-order valence-corrected chi connectivity index (χ1v) is 21.3. The summed E-state index contributed by atoms with van der Waals surface area (Å²) >= 11 is 0. The molecular formula is C61H43N. The molecule has 2 aliphatic carbocycles. The monoisotopic (exact) mass is 789 g/mol. The van der Waals surface area contributed by atoms with E-state index in [4.69, 9.17) is 0 Å². The predicted molar refractivity (Wildman–Crippen MR) is 266 cm³/mol. The number of hydrogen-bond donors (Lipinski definition) is 0. The molecule has 0 saturated carbocycles. The fourth-order valence-electron chi connectivity index (χ4n) is 10.4. The zero-order valence-corrected chi connectivity index (χ0v) is 34.4. The van der Waals surface area contributed by atoms with Crippen LogP contribution in [0.1, 0.15) is 22.3 Å². The van der Waals surface area contributed by atoms with Gasteiger partial charge < -0.3 is 4.90 Å². The third kappa shape index (κ3) is 5.49. The number of hydrogen-bond acceptors (Lipinski definition) is 1. The maximum absolute atomic E-state index is 4.60. The lowest BCUT2D eigenvalue weighted by atomic mass is 9.70. The molecule has 0 bridgehead atoms. The van der Waals surface area contributed by atoms with Crippen LogP contribution in [0, 0.1) is 0 Å². The summed E-state index contributed by atoms with van der Waals surface area (Å²) < 4.78 is 0. The van der Waals surface area contributed by atoms with Crippen LogP contribution in [0.25, 0.3) is 65.7 Å². The molecule has 0 saturated heterocycles. The van der Waals surface area contributed by atoms with Gasteiger partial charge in [-0.2, -0.15) is 0 Å². The second-order valence-electron chi connectivity index (χ2n) is 16.1. The smallest absolute Gasteiger partial charge is 0.0881 e. The minimum Gasteiger partial charge on any atom is -0.312 e. The molecule has 0 amide bonds. The van der Waals surface area contributed by atoms with Crippen molar-refractivity contribution in [2.45, 2.75) is 5.41 Å². The van der Waals surface area contributed by atoms with Crippen molar-refractivity contribution in [1.29, 1.82) is 0 Å². The van der Waals surface area contributed by atoms with Crippen LogP contribution in [0.4, 0.5) is 11.4 Å². The Morgan fingerprint density at radius 2 is 0.871 bits per heavy atom. The van der Waals surface area contributed by atoms with Gasteiger partial charge in [0, 0.05) is 16.9 Å². The van der Waals surface area contributed by atoms with Crippen LogP contribution in [0.2, 0.25) is 0 Å². The standard InChI is InChI=1S/C61H43N/c1-4-7-24-53-52-29-18-19-30-58(52)61(57(6-3)47(5-2)56-39-54-50-27-16-14-25-48(50)49-26-15-17-28-51(49)55(54)40-59(56)61)60(53)62(45-22-12-9-13-23-45)46-37-35-44(36-38-46)43-33-31-42(32-34-43)41-20-10-8-11-21-41/h4-40H,1-3H2/b24-7-. The molecule has 0 fully saturated rings. The molecule has 0 heterocycles. The zero-order valence-electron chi connectivity index (χ0n) is 34.4. The Labute approximate surface area is 363 Å². The summed E-state index contributed by atoms with van der Waals surface area (Å²) in [5.74, 6) is 0. The van der Waals surface area contributed by atoms with Crippen molar-refractivity contribution in [3.63, 3.8) is 0 Å². The third-order valence-corrected chi connectivity index (χ3v) is 13.0. The maximum Gasteiger partial charge on any atom is 0.0881 e. The van der Waals surface area contributed by atoms with Crippen LogP contribution in [0.5, 0.6) is 0 Å². The van der Waals surface area contributed by atoms with Crippen molar-refractivity contribution >= 4 is 54.8 Å². The van der Waals surface area contributed by atoms with Gasteiger partial charge in [0.25, 0.3) is 0 Å². The van der Waals surface area contributed by atoms with Gasteiger partial charge >= 0.3 is 0 Å². The van der Waals surface area contributed by atoms with Crippen LogP contribution in [-0.2, 0) is 5.41 Å². The predicted octanol–water partition coefficient (Wildman–Crippen LogP) is 16.2. The van der Waals surface area contributed by atoms with Crippen LogP contribution < -0.4 is 4.90 Å². The summed E-state index contributed by atoms with van der Waals surface area (Å²) in [5.41, 5.74) is 15.4. The number of para-hydroxylation sites is 1. The lowest BCUT2D eigenvalue weighted by Gasteiger charge is -2.40. The van der Waals surface area contributed by atoms with E-state index in [1.165, 1.54) is 71.3 Å². The second-order valence-corrected chi connectivity index (χ2v) is 16.1. The first-order chi connectivity index (χ1) is 30.6. The highest BCUT2D eigenvalue weighted by atomic mass is 15.2. The van der Waals surface area contributed by atoms with Crippen molar-refractivity contribution in [2.24, 2.45) is 0 Å².